The van der Waals surface area contributed by atoms with Crippen LogP contribution in [0.1, 0.15) is 11.1 Å². The Bertz CT molecular complexity index is 592. The van der Waals surface area contributed by atoms with Crippen molar-refractivity contribution in [1.82, 2.24) is 9.78 Å². The largest absolute Gasteiger partial charge is 0.493 e. The van der Waals surface area contributed by atoms with Gasteiger partial charge in [0.2, 0.25) is 5.88 Å². The highest BCUT2D eigenvalue weighted by atomic mass is 35.5. The van der Waals surface area contributed by atoms with Crippen LogP contribution in [-0.4, -0.2) is 14.9 Å². The van der Waals surface area contributed by atoms with Crippen molar-refractivity contribution >= 4 is 11.6 Å². The summed E-state index contributed by atoms with van der Waals surface area (Å²) in [5, 5.41) is 13.0. The standard InChI is InChI=1S/C11H8ClF3N2O/c1-6-5-16-17(10(6)18)7-2-3-9(12)8(4-7)11(13,14)15/h2-5,18H,1H3. The predicted octanol–water partition coefficient (Wildman–Crippen LogP) is 3.56. The lowest BCUT2D eigenvalue weighted by atomic mass is 10.2. The van der Waals surface area contributed by atoms with Gasteiger partial charge in [0.15, 0.2) is 0 Å². The lowest BCUT2D eigenvalue weighted by Crippen LogP contribution is -2.07. The van der Waals surface area contributed by atoms with Crippen molar-refractivity contribution in [2.24, 2.45) is 0 Å². The Morgan fingerprint density at radius 1 is 1.33 bits per heavy atom. The molecule has 96 valence electrons. The minimum atomic E-state index is -4.55. The highest BCUT2D eigenvalue weighted by Gasteiger charge is 2.33. The van der Waals surface area contributed by atoms with Gasteiger partial charge in [-0.3, -0.25) is 0 Å². The summed E-state index contributed by atoms with van der Waals surface area (Å²) in [5.41, 5.74) is -0.398. The number of rotatable bonds is 1. The first-order chi connectivity index (χ1) is 8.30. The van der Waals surface area contributed by atoms with Crippen molar-refractivity contribution in [2.45, 2.75) is 13.1 Å². The van der Waals surface area contributed by atoms with Gasteiger partial charge in [0, 0.05) is 5.56 Å². The van der Waals surface area contributed by atoms with Gasteiger partial charge in [-0.05, 0) is 25.1 Å². The second-order valence-corrected chi connectivity index (χ2v) is 4.13. The molecular formula is C11H8ClF3N2O. The summed E-state index contributed by atoms with van der Waals surface area (Å²) >= 11 is 5.50. The maximum absolute atomic E-state index is 12.7. The van der Waals surface area contributed by atoms with Gasteiger partial charge in [-0.2, -0.15) is 18.3 Å². The average Bonchev–Trinajstić information content (AvgIpc) is 2.59. The molecule has 2 aromatic rings. The predicted molar refractivity (Wildman–Crippen MR) is 60.0 cm³/mol. The monoisotopic (exact) mass is 276 g/mol. The Morgan fingerprint density at radius 2 is 2.00 bits per heavy atom. The molecule has 3 nitrogen and oxygen atoms in total. The molecule has 18 heavy (non-hydrogen) atoms. The molecular weight excluding hydrogens is 269 g/mol. The van der Waals surface area contributed by atoms with E-state index in [-0.39, 0.29) is 11.6 Å². The third-order valence-electron chi connectivity index (χ3n) is 2.42. The minimum absolute atomic E-state index is 0.0947. The van der Waals surface area contributed by atoms with Crippen LogP contribution in [0, 0.1) is 6.92 Å². The number of halogens is 4. The molecule has 7 heteroatoms. The molecule has 0 atom stereocenters. The highest BCUT2D eigenvalue weighted by molar-refractivity contribution is 6.31. The SMILES string of the molecule is Cc1cnn(-c2ccc(Cl)c(C(F)(F)F)c2)c1O. The van der Waals surface area contributed by atoms with Crippen molar-refractivity contribution < 1.29 is 18.3 Å². The number of aryl methyl sites for hydroxylation is 1. The first-order valence-corrected chi connectivity index (χ1v) is 5.29. The lowest BCUT2D eigenvalue weighted by Gasteiger charge is -2.11. The molecule has 0 bridgehead atoms. The number of alkyl halides is 3. The van der Waals surface area contributed by atoms with Gasteiger partial charge < -0.3 is 5.11 Å². The van der Waals surface area contributed by atoms with E-state index in [1.807, 2.05) is 0 Å². The fourth-order valence-corrected chi connectivity index (χ4v) is 1.70. The lowest BCUT2D eigenvalue weighted by molar-refractivity contribution is -0.137. The van der Waals surface area contributed by atoms with Crippen LogP contribution in [0.25, 0.3) is 5.69 Å². The smallest absolute Gasteiger partial charge is 0.417 e. The molecule has 0 aliphatic carbocycles. The summed E-state index contributed by atoms with van der Waals surface area (Å²) in [7, 11) is 0. The van der Waals surface area contributed by atoms with Gasteiger partial charge in [-0.15, -0.1) is 0 Å². The number of hydrogen-bond donors (Lipinski definition) is 1. The molecule has 0 fully saturated rings. The zero-order valence-corrected chi connectivity index (χ0v) is 9.92. The topological polar surface area (TPSA) is 38.0 Å². The van der Waals surface area contributed by atoms with Crippen LogP contribution in [0.15, 0.2) is 24.4 Å². The molecule has 0 radical (unpaired) electrons. The van der Waals surface area contributed by atoms with E-state index >= 15 is 0 Å². The fourth-order valence-electron chi connectivity index (χ4n) is 1.47. The van der Waals surface area contributed by atoms with Gasteiger partial charge in [-0.1, -0.05) is 11.6 Å². The van der Waals surface area contributed by atoms with Crippen molar-refractivity contribution in [3.05, 3.63) is 40.5 Å². The molecule has 2 rings (SSSR count). The van der Waals surface area contributed by atoms with E-state index in [1.54, 1.807) is 6.92 Å². The normalized spacial score (nSPS) is 11.8. The summed E-state index contributed by atoms with van der Waals surface area (Å²) in [6.07, 6.45) is -3.19. The van der Waals surface area contributed by atoms with Gasteiger partial charge >= 0.3 is 6.18 Å². The second-order valence-electron chi connectivity index (χ2n) is 3.72. The van der Waals surface area contributed by atoms with Crippen molar-refractivity contribution in [3.8, 4) is 11.6 Å². The van der Waals surface area contributed by atoms with E-state index < -0.39 is 16.8 Å². The van der Waals surface area contributed by atoms with Gasteiger partial charge in [0.25, 0.3) is 0 Å². The van der Waals surface area contributed by atoms with Crippen LogP contribution in [-0.2, 0) is 6.18 Å². The van der Waals surface area contributed by atoms with Crippen LogP contribution in [0.3, 0.4) is 0 Å². The average molecular weight is 277 g/mol. The molecule has 0 amide bonds. The first-order valence-electron chi connectivity index (χ1n) is 4.91. The Balaban J connectivity index is 2.58. The molecule has 1 N–H and O–H groups in total. The number of benzene rings is 1. The Kier molecular flexibility index (Phi) is 2.98. The quantitative estimate of drug-likeness (QED) is 0.865. The molecule has 1 heterocycles. The van der Waals surface area contributed by atoms with E-state index in [1.165, 1.54) is 12.3 Å². The van der Waals surface area contributed by atoms with E-state index in [0.717, 1.165) is 16.8 Å². The molecule has 0 spiro atoms. The number of hydrogen-bond acceptors (Lipinski definition) is 2. The van der Waals surface area contributed by atoms with Crippen molar-refractivity contribution in [1.29, 1.82) is 0 Å². The molecule has 0 aliphatic rings. The third kappa shape index (κ3) is 2.15. The zero-order chi connectivity index (χ0) is 13.5. The number of aromatic hydroxyl groups is 1. The molecule has 0 saturated heterocycles. The Morgan fingerprint density at radius 3 is 2.50 bits per heavy atom. The summed E-state index contributed by atoms with van der Waals surface area (Å²) in [5.74, 6) is -0.203. The van der Waals surface area contributed by atoms with Gasteiger partial charge in [0.1, 0.15) is 0 Å². The summed E-state index contributed by atoms with van der Waals surface area (Å²) < 4.78 is 39.0. The fraction of sp³-hybridized carbons (Fsp3) is 0.182. The van der Waals surface area contributed by atoms with Crippen molar-refractivity contribution in [2.75, 3.05) is 0 Å². The first kappa shape index (κ1) is 12.8. The van der Waals surface area contributed by atoms with Crippen LogP contribution in [0.5, 0.6) is 5.88 Å². The van der Waals surface area contributed by atoms with Crippen LogP contribution >= 0.6 is 11.6 Å². The molecule has 0 unspecified atom stereocenters. The van der Waals surface area contributed by atoms with E-state index in [4.69, 9.17) is 11.6 Å². The zero-order valence-electron chi connectivity index (χ0n) is 9.16. The minimum Gasteiger partial charge on any atom is -0.493 e. The third-order valence-corrected chi connectivity index (χ3v) is 2.75. The maximum Gasteiger partial charge on any atom is 0.417 e. The molecule has 0 saturated carbocycles. The Hall–Kier alpha value is -1.69. The molecule has 1 aromatic carbocycles. The molecule has 1 aromatic heterocycles. The van der Waals surface area contributed by atoms with Crippen LogP contribution < -0.4 is 0 Å². The number of aromatic nitrogens is 2. The van der Waals surface area contributed by atoms with E-state index in [2.05, 4.69) is 5.10 Å². The number of nitrogens with zero attached hydrogens (tertiary/aromatic N) is 2. The van der Waals surface area contributed by atoms with E-state index in [0.29, 0.717) is 5.56 Å². The van der Waals surface area contributed by atoms with E-state index in [9.17, 15) is 18.3 Å². The summed E-state index contributed by atoms with van der Waals surface area (Å²) in [6.45, 7) is 1.60. The van der Waals surface area contributed by atoms with Crippen LogP contribution in [0.4, 0.5) is 13.2 Å². The van der Waals surface area contributed by atoms with Gasteiger partial charge in [-0.25, -0.2) is 4.68 Å². The maximum atomic E-state index is 12.7. The second kappa shape index (κ2) is 4.20. The summed E-state index contributed by atoms with van der Waals surface area (Å²) in [6, 6.07) is 3.31. The van der Waals surface area contributed by atoms with Gasteiger partial charge in [0.05, 0.1) is 22.5 Å². The molecule has 0 aliphatic heterocycles. The highest BCUT2D eigenvalue weighted by Crippen LogP contribution is 2.36. The van der Waals surface area contributed by atoms with Crippen molar-refractivity contribution in [3.63, 3.8) is 0 Å². The Labute approximate surface area is 105 Å². The summed E-state index contributed by atoms with van der Waals surface area (Å²) in [4.78, 5) is 0. The van der Waals surface area contributed by atoms with Crippen LogP contribution in [0.2, 0.25) is 5.02 Å².